The molecule has 0 aliphatic carbocycles. The first-order chi connectivity index (χ1) is 28.5. The number of ether oxygens (including phenoxy) is 4. The van der Waals surface area contributed by atoms with Crippen LogP contribution in [0.25, 0.3) is 0 Å². The summed E-state index contributed by atoms with van der Waals surface area (Å²) in [6.07, 6.45) is -2.53. The second-order valence-corrected chi connectivity index (χ2v) is 20.7. The summed E-state index contributed by atoms with van der Waals surface area (Å²) in [5.74, 6) is -2.63. The van der Waals surface area contributed by atoms with Crippen molar-refractivity contribution >= 4 is 107 Å². The molecule has 0 spiro atoms. The maximum absolute atomic E-state index is 11.2. The van der Waals surface area contributed by atoms with E-state index in [1.54, 1.807) is 31.2 Å². The summed E-state index contributed by atoms with van der Waals surface area (Å²) < 4.78 is 115. The number of benzene rings is 4. The molecule has 0 heterocycles. The minimum atomic E-state index is -3.92. The molecule has 0 aliphatic rings. The average Bonchev–Trinajstić information content (AvgIpc) is 3.17. The van der Waals surface area contributed by atoms with E-state index < -0.39 is 74.8 Å². The van der Waals surface area contributed by atoms with Gasteiger partial charge in [-0.3, -0.25) is 19.2 Å². The number of aryl methyl sites for hydroxylation is 2. The van der Waals surface area contributed by atoms with Crippen molar-refractivity contribution in [1.82, 2.24) is 0 Å². The molecule has 0 saturated heterocycles. The third-order valence-corrected chi connectivity index (χ3v) is 12.4. The Labute approximate surface area is 377 Å². The van der Waals surface area contributed by atoms with Crippen LogP contribution in [0.15, 0.2) is 117 Å². The predicted octanol–water partition coefficient (Wildman–Crippen LogP) is 7.19. The fourth-order valence-corrected chi connectivity index (χ4v) is 7.27. The van der Waals surface area contributed by atoms with Crippen LogP contribution < -0.4 is 0 Å². The smallest absolute Gasteiger partial charge is 0.312 e. The molecule has 4 rings (SSSR count). The summed E-state index contributed by atoms with van der Waals surface area (Å²) >= 11 is 9.57. The number of hydrogen-bond acceptors (Lipinski definition) is 18. The molecule has 0 aromatic heterocycles. The van der Waals surface area contributed by atoms with Crippen LogP contribution in [0.5, 0.6) is 0 Å². The second kappa shape index (κ2) is 25.1. The van der Waals surface area contributed by atoms with Crippen LogP contribution in [-0.2, 0) is 83.9 Å². The summed E-state index contributed by atoms with van der Waals surface area (Å²) in [5, 5.41) is 0. The monoisotopic (exact) mass is 1020 g/mol. The highest BCUT2D eigenvalue weighted by Crippen LogP contribution is 2.25. The van der Waals surface area contributed by atoms with Crippen molar-refractivity contribution in [2.75, 3.05) is 0 Å². The van der Waals surface area contributed by atoms with Crippen LogP contribution in [-0.4, -0.2) is 57.5 Å². The first-order valence-electron chi connectivity index (χ1n) is 16.5. The molecule has 26 heteroatoms. The number of rotatable bonds is 12. The highest BCUT2D eigenvalue weighted by atomic mass is 35.7. The van der Waals surface area contributed by atoms with Crippen molar-refractivity contribution in [2.45, 2.75) is 73.7 Å². The number of carbonyl (C=O) groups excluding carboxylic acids is 4. The molecule has 0 saturated carbocycles. The van der Waals surface area contributed by atoms with Crippen LogP contribution in [0.3, 0.4) is 0 Å². The molecule has 0 unspecified atom stereocenters. The lowest BCUT2D eigenvalue weighted by atomic mass is 10.2. The molecule has 0 atom stereocenters. The summed E-state index contributed by atoms with van der Waals surface area (Å²) in [6.45, 7) is 8.24. The molecule has 0 N–H and O–H groups in total. The van der Waals surface area contributed by atoms with E-state index in [4.69, 9.17) is 64.0 Å². The van der Waals surface area contributed by atoms with Crippen molar-refractivity contribution in [2.24, 2.45) is 0 Å². The molecule has 0 aliphatic heterocycles. The Balaban J connectivity index is 0.000000423. The summed E-state index contributed by atoms with van der Waals surface area (Å²) in [5.41, 5.74) is 2.31. The highest BCUT2D eigenvalue weighted by molar-refractivity contribution is 8.14. The SMILES string of the molecule is CC(=O)OC(OC(C)=O)c1ccc(S(=O)(=O)Cl)cc1.CC(=O)OC(OC(C)=O)c1cccc(S(=O)(=O)Cl)c1.Cc1ccc(S(=O)(=O)OCl)cc1.Cc1cccc(S(=O)(=O)OCl)c1. The van der Waals surface area contributed by atoms with Gasteiger partial charge in [-0.2, -0.15) is 24.3 Å². The molecular formula is C36H36Cl4O18S4. The number of hydrogen-bond donors (Lipinski definition) is 0. The van der Waals surface area contributed by atoms with Crippen LogP contribution in [0.2, 0.25) is 0 Å². The molecule has 0 radical (unpaired) electrons. The zero-order valence-corrected chi connectivity index (χ0v) is 39.2. The van der Waals surface area contributed by atoms with Gasteiger partial charge in [-0.05, 0) is 67.9 Å². The van der Waals surface area contributed by atoms with Crippen molar-refractivity contribution in [3.8, 4) is 0 Å². The van der Waals surface area contributed by atoms with E-state index in [1.807, 2.05) is 6.92 Å². The van der Waals surface area contributed by atoms with Gasteiger partial charge in [0.2, 0.25) is 0 Å². The molecule has 0 amide bonds. The zero-order chi connectivity index (χ0) is 47.6. The molecule has 18 nitrogen and oxygen atoms in total. The lowest BCUT2D eigenvalue weighted by Gasteiger charge is -2.17. The van der Waals surface area contributed by atoms with Crippen molar-refractivity contribution in [3.63, 3.8) is 0 Å². The van der Waals surface area contributed by atoms with Gasteiger partial charge in [-0.1, -0.05) is 54.1 Å². The van der Waals surface area contributed by atoms with E-state index >= 15 is 0 Å². The van der Waals surface area contributed by atoms with Gasteiger partial charge in [-0.15, -0.1) is 0 Å². The maximum Gasteiger partial charge on any atom is 0.312 e. The van der Waals surface area contributed by atoms with Gasteiger partial charge in [0, 0.05) is 60.2 Å². The van der Waals surface area contributed by atoms with Crippen molar-refractivity contribution in [3.05, 3.63) is 119 Å². The number of halogens is 4. The first-order valence-corrected chi connectivity index (χ1v) is 24.6. The van der Waals surface area contributed by atoms with Crippen molar-refractivity contribution in [1.29, 1.82) is 0 Å². The van der Waals surface area contributed by atoms with E-state index in [2.05, 4.69) is 7.47 Å². The van der Waals surface area contributed by atoms with Crippen LogP contribution >= 0.6 is 45.1 Å². The fourth-order valence-electron chi connectivity index (χ4n) is 4.07. The molecule has 4 aromatic rings. The first kappa shape index (κ1) is 55.7. The summed E-state index contributed by atoms with van der Waals surface area (Å²) in [6, 6.07) is 22.9. The maximum atomic E-state index is 11.2. The van der Waals surface area contributed by atoms with Gasteiger partial charge in [0.25, 0.3) is 30.7 Å². The zero-order valence-electron chi connectivity index (χ0n) is 32.9. The third kappa shape index (κ3) is 20.7. The molecule has 62 heavy (non-hydrogen) atoms. The molecule has 4 aromatic carbocycles. The Hall–Kier alpha value is -4.36. The standard InChI is InChI=1S/2C11H11ClO6S.2C7H7ClO3S/c1-7(13)17-11(18-8(2)14)9-3-5-10(6-4-9)19(12,15)16;1-7(13)17-11(18-8(2)14)9-4-3-5-10(6-9)19(12,15)16;1-6-2-4-7(5-3-6)12(9,10)11-8;1-6-3-2-4-7(5-6)12(9,10)11-8/h2*3-6,11H,1-2H3;2*2-5H,1H3. The number of carbonyl (C=O) groups is 4. The minimum absolute atomic E-state index is 0.0584. The fraction of sp³-hybridized carbons (Fsp3) is 0.222. The topological polar surface area (TPSA) is 260 Å². The summed E-state index contributed by atoms with van der Waals surface area (Å²) in [4.78, 5) is 43.5. The molecule has 0 bridgehead atoms. The van der Waals surface area contributed by atoms with E-state index in [-0.39, 0.29) is 25.1 Å². The molecule has 0 fully saturated rings. The van der Waals surface area contributed by atoms with E-state index in [9.17, 15) is 52.8 Å². The Morgan fingerprint density at radius 2 is 0.806 bits per heavy atom. The molecule has 340 valence electrons. The van der Waals surface area contributed by atoms with Crippen LogP contribution in [0.4, 0.5) is 0 Å². The van der Waals surface area contributed by atoms with Gasteiger partial charge >= 0.3 is 44.1 Å². The van der Waals surface area contributed by atoms with Crippen LogP contribution in [0, 0.1) is 13.8 Å². The number of esters is 4. The third-order valence-electron chi connectivity index (χ3n) is 6.69. The van der Waals surface area contributed by atoms with E-state index in [0.717, 1.165) is 38.8 Å². The largest absolute Gasteiger partial charge is 0.421 e. The normalized spacial score (nSPS) is 11.3. The quantitative estimate of drug-likeness (QED) is 0.0772. The predicted molar refractivity (Wildman–Crippen MR) is 222 cm³/mol. The second-order valence-electron chi connectivity index (χ2n) is 11.8. The van der Waals surface area contributed by atoms with Crippen LogP contribution in [0.1, 0.15) is 62.5 Å². The Morgan fingerprint density at radius 3 is 1.19 bits per heavy atom. The lowest BCUT2D eigenvalue weighted by molar-refractivity contribution is -0.188. The average molecular weight is 1030 g/mol. The van der Waals surface area contributed by atoms with Crippen molar-refractivity contribution < 1.29 is 79.3 Å². The lowest BCUT2D eigenvalue weighted by Crippen LogP contribution is -2.15. The van der Waals surface area contributed by atoms with Gasteiger partial charge in [0.15, 0.2) is 0 Å². The highest BCUT2D eigenvalue weighted by Gasteiger charge is 2.22. The van der Waals surface area contributed by atoms with Gasteiger partial charge in [0.1, 0.15) is 0 Å². The molecular weight excluding hydrogens is 990 g/mol. The van der Waals surface area contributed by atoms with E-state index in [1.165, 1.54) is 72.8 Å². The Kier molecular flexibility index (Phi) is 22.5. The minimum Gasteiger partial charge on any atom is -0.421 e. The van der Waals surface area contributed by atoms with E-state index in [0.29, 0.717) is 5.56 Å². The van der Waals surface area contributed by atoms with Gasteiger partial charge < -0.3 is 18.9 Å². The Bertz CT molecular complexity index is 2590. The summed E-state index contributed by atoms with van der Waals surface area (Å²) in [7, 11) is -4.90. The Morgan fingerprint density at radius 1 is 0.435 bits per heavy atom. The van der Waals surface area contributed by atoms with Gasteiger partial charge in [0.05, 0.1) is 43.3 Å². The van der Waals surface area contributed by atoms with Gasteiger partial charge in [-0.25, -0.2) is 16.8 Å².